The molecule has 1 unspecified atom stereocenters. The molecule has 0 fully saturated rings. The number of benzene rings is 1. The lowest BCUT2D eigenvalue weighted by molar-refractivity contribution is 0.251. The van der Waals surface area contributed by atoms with E-state index in [0.29, 0.717) is 6.04 Å². The Labute approximate surface area is 99.6 Å². The van der Waals surface area contributed by atoms with E-state index in [-0.39, 0.29) is 0 Å². The topological polar surface area (TPSA) is 29.3 Å². The van der Waals surface area contributed by atoms with Crippen molar-refractivity contribution in [3.8, 4) is 0 Å². The van der Waals surface area contributed by atoms with Crippen molar-refractivity contribution in [1.82, 2.24) is 4.90 Å². The second-order valence-corrected chi connectivity index (χ2v) is 4.99. The first-order chi connectivity index (χ1) is 7.24. The van der Waals surface area contributed by atoms with Crippen molar-refractivity contribution in [2.75, 3.05) is 20.1 Å². The number of hydrogen-bond acceptors (Lipinski definition) is 2. The van der Waals surface area contributed by atoms with Gasteiger partial charge in [0.2, 0.25) is 0 Å². The van der Waals surface area contributed by atoms with Gasteiger partial charge >= 0.3 is 0 Å². The number of fused-ring (bicyclic) bond motifs is 1. The molecule has 1 aliphatic carbocycles. The van der Waals surface area contributed by atoms with Crippen LogP contribution in [0, 0.1) is 0 Å². The van der Waals surface area contributed by atoms with E-state index in [1.54, 1.807) is 0 Å². The second-order valence-electron chi connectivity index (χ2n) is 4.13. The Bertz CT molecular complexity index is 351. The highest BCUT2D eigenvalue weighted by atomic mass is 79.9. The van der Waals surface area contributed by atoms with Crippen molar-refractivity contribution in [1.29, 1.82) is 0 Å². The molecule has 15 heavy (non-hydrogen) atoms. The number of rotatable bonds is 3. The molecule has 0 saturated carbocycles. The highest BCUT2D eigenvalue weighted by Gasteiger charge is 2.26. The summed E-state index contributed by atoms with van der Waals surface area (Å²) in [5.74, 6) is 0. The summed E-state index contributed by atoms with van der Waals surface area (Å²) in [7, 11) is 2.16. The van der Waals surface area contributed by atoms with E-state index < -0.39 is 0 Å². The Kier molecular flexibility index (Phi) is 3.44. The van der Waals surface area contributed by atoms with Crippen molar-refractivity contribution in [3.05, 3.63) is 33.8 Å². The Balaban J connectivity index is 2.25. The highest BCUT2D eigenvalue weighted by Crippen LogP contribution is 2.38. The zero-order chi connectivity index (χ0) is 10.8. The number of halogens is 1. The first-order valence-corrected chi connectivity index (χ1v) is 6.21. The molecule has 0 aromatic heterocycles. The van der Waals surface area contributed by atoms with E-state index in [1.807, 2.05) is 0 Å². The van der Waals surface area contributed by atoms with Crippen molar-refractivity contribution in [2.45, 2.75) is 18.9 Å². The summed E-state index contributed by atoms with van der Waals surface area (Å²) in [4.78, 5) is 2.36. The van der Waals surface area contributed by atoms with E-state index in [1.165, 1.54) is 28.4 Å². The molecule has 3 heteroatoms. The molecule has 0 saturated heterocycles. The number of hydrogen-bond donors (Lipinski definition) is 1. The smallest absolute Gasteiger partial charge is 0.0351 e. The van der Waals surface area contributed by atoms with Gasteiger partial charge in [-0.2, -0.15) is 0 Å². The summed E-state index contributed by atoms with van der Waals surface area (Å²) in [6, 6.07) is 7.05. The summed E-state index contributed by atoms with van der Waals surface area (Å²) in [6.07, 6.45) is 2.39. The molecule has 1 aliphatic rings. The van der Waals surface area contributed by atoms with Crippen LogP contribution in [0.1, 0.15) is 23.6 Å². The van der Waals surface area contributed by atoms with Crippen LogP contribution in [0.5, 0.6) is 0 Å². The van der Waals surface area contributed by atoms with E-state index >= 15 is 0 Å². The lowest BCUT2D eigenvalue weighted by Gasteiger charge is -2.24. The fraction of sp³-hybridized carbons (Fsp3) is 0.500. The maximum Gasteiger partial charge on any atom is 0.0351 e. The van der Waals surface area contributed by atoms with Gasteiger partial charge in [-0.3, -0.25) is 4.90 Å². The van der Waals surface area contributed by atoms with Gasteiger partial charge in [0.1, 0.15) is 0 Å². The average Bonchev–Trinajstić information content (AvgIpc) is 2.63. The van der Waals surface area contributed by atoms with E-state index in [2.05, 4.69) is 46.1 Å². The molecule has 1 aromatic carbocycles. The number of likely N-dealkylation sites (N-methyl/N-ethyl adjacent to an activating group) is 1. The zero-order valence-corrected chi connectivity index (χ0v) is 10.6. The SMILES string of the molecule is CN(CCN)C1CCc2c(Br)cccc21. The molecule has 0 heterocycles. The van der Waals surface area contributed by atoms with Gasteiger partial charge in [-0.15, -0.1) is 0 Å². The minimum atomic E-state index is 0.557. The van der Waals surface area contributed by atoms with Gasteiger partial charge in [0.15, 0.2) is 0 Å². The monoisotopic (exact) mass is 268 g/mol. The summed E-state index contributed by atoms with van der Waals surface area (Å²) in [5, 5.41) is 0. The predicted molar refractivity (Wildman–Crippen MR) is 66.9 cm³/mol. The van der Waals surface area contributed by atoms with Crippen molar-refractivity contribution < 1.29 is 0 Å². The molecule has 2 N–H and O–H groups in total. The Hall–Kier alpha value is -0.380. The summed E-state index contributed by atoms with van der Waals surface area (Å²) < 4.78 is 1.25. The average molecular weight is 269 g/mol. The Morgan fingerprint density at radius 3 is 3.07 bits per heavy atom. The lowest BCUT2D eigenvalue weighted by atomic mass is 10.1. The third kappa shape index (κ3) is 2.10. The molecule has 0 aliphatic heterocycles. The van der Waals surface area contributed by atoms with Gasteiger partial charge in [-0.1, -0.05) is 28.1 Å². The van der Waals surface area contributed by atoms with Gasteiger partial charge < -0.3 is 5.73 Å². The number of nitrogens with two attached hydrogens (primary N) is 1. The molecular formula is C12H17BrN2. The van der Waals surface area contributed by atoms with Crippen LogP contribution in [0.4, 0.5) is 0 Å². The van der Waals surface area contributed by atoms with Gasteiger partial charge in [0, 0.05) is 23.6 Å². The molecule has 0 spiro atoms. The fourth-order valence-corrected chi connectivity index (χ4v) is 2.98. The summed E-state index contributed by atoms with van der Waals surface area (Å²) in [5.41, 5.74) is 8.55. The van der Waals surface area contributed by atoms with Crippen LogP contribution in [0.15, 0.2) is 22.7 Å². The van der Waals surface area contributed by atoms with Gasteiger partial charge in [0.05, 0.1) is 0 Å². The summed E-state index contributed by atoms with van der Waals surface area (Å²) >= 11 is 3.62. The molecule has 2 rings (SSSR count). The molecule has 1 aromatic rings. The zero-order valence-electron chi connectivity index (χ0n) is 9.04. The van der Waals surface area contributed by atoms with E-state index in [4.69, 9.17) is 5.73 Å². The standard InChI is InChI=1S/C12H17BrN2/c1-15(8-7-14)12-6-5-9-10(12)3-2-4-11(9)13/h2-4,12H,5-8,14H2,1H3. The van der Waals surface area contributed by atoms with Crippen LogP contribution in [0.2, 0.25) is 0 Å². The molecule has 0 amide bonds. The highest BCUT2D eigenvalue weighted by molar-refractivity contribution is 9.10. The maximum absolute atomic E-state index is 5.60. The number of nitrogens with zero attached hydrogens (tertiary/aromatic N) is 1. The van der Waals surface area contributed by atoms with Crippen LogP contribution in [-0.2, 0) is 6.42 Å². The molecule has 0 radical (unpaired) electrons. The summed E-state index contributed by atoms with van der Waals surface area (Å²) in [6.45, 7) is 1.70. The maximum atomic E-state index is 5.60. The second kappa shape index (κ2) is 4.64. The largest absolute Gasteiger partial charge is 0.329 e. The van der Waals surface area contributed by atoms with Gasteiger partial charge in [-0.25, -0.2) is 0 Å². The van der Waals surface area contributed by atoms with Gasteiger partial charge in [-0.05, 0) is 37.1 Å². The van der Waals surface area contributed by atoms with E-state index in [9.17, 15) is 0 Å². The first kappa shape index (κ1) is 11.1. The fourth-order valence-electron chi connectivity index (χ4n) is 2.41. The van der Waals surface area contributed by atoms with Crippen LogP contribution in [-0.4, -0.2) is 25.0 Å². The van der Waals surface area contributed by atoms with Crippen LogP contribution in [0.25, 0.3) is 0 Å². The van der Waals surface area contributed by atoms with Crippen LogP contribution >= 0.6 is 15.9 Å². The van der Waals surface area contributed by atoms with Crippen molar-refractivity contribution in [2.24, 2.45) is 5.73 Å². The Morgan fingerprint density at radius 2 is 2.33 bits per heavy atom. The lowest BCUT2D eigenvalue weighted by Crippen LogP contribution is -2.28. The quantitative estimate of drug-likeness (QED) is 0.912. The molecule has 82 valence electrons. The third-order valence-electron chi connectivity index (χ3n) is 3.20. The molecule has 2 nitrogen and oxygen atoms in total. The van der Waals surface area contributed by atoms with Crippen LogP contribution in [0.3, 0.4) is 0 Å². The van der Waals surface area contributed by atoms with Crippen LogP contribution < -0.4 is 5.73 Å². The molecule has 0 bridgehead atoms. The minimum Gasteiger partial charge on any atom is -0.329 e. The van der Waals surface area contributed by atoms with Gasteiger partial charge in [0.25, 0.3) is 0 Å². The van der Waals surface area contributed by atoms with Crippen molar-refractivity contribution >= 4 is 15.9 Å². The Morgan fingerprint density at radius 1 is 1.53 bits per heavy atom. The minimum absolute atomic E-state index is 0.557. The molecular weight excluding hydrogens is 252 g/mol. The predicted octanol–water partition coefficient (Wildman–Crippen LogP) is 2.33. The molecule has 1 atom stereocenters. The van der Waals surface area contributed by atoms with E-state index in [0.717, 1.165) is 13.1 Å². The normalized spacial score (nSPS) is 19.6. The van der Waals surface area contributed by atoms with Crippen molar-refractivity contribution in [3.63, 3.8) is 0 Å². The third-order valence-corrected chi connectivity index (χ3v) is 3.94. The first-order valence-electron chi connectivity index (χ1n) is 5.41.